The van der Waals surface area contributed by atoms with Gasteiger partial charge in [-0.25, -0.2) is 0 Å². The molecule has 1 saturated carbocycles. The summed E-state index contributed by atoms with van der Waals surface area (Å²) in [6.45, 7) is 0. The maximum absolute atomic E-state index is 5.28. The Morgan fingerprint density at radius 3 is 2.65 bits per heavy atom. The van der Waals surface area contributed by atoms with E-state index in [2.05, 4.69) is 10.2 Å². The van der Waals surface area contributed by atoms with Crippen LogP contribution >= 0.6 is 11.8 Å². The van der Waals surface area contributed by atoms with Gasteiger partial charge >= 0.3 is 0 Å². The van der Waals surface area contributed by atoms with E-state index in [-0.39, 0.29) is 0 Å². The molecule has 1 aliphatic carbocycles. The molecule has 3 rings (SSSR count). The summed E-state index contributed by atoms with van der Waals surface area (Å²) in [6, 6.07) is 7.77. The monoisotopic (exact) mass is 246 g/mol. The molecule has 0 saturated heterocycles. The zero-order valence-electron chi connectivity index (χ0n) is 9.50. The predicted molar refractivity (Wildman–Crippen MR) is 67.8 cm³/mol. The molecule has 1 aliphatic rings. The first-order valence-corrected chi connectivity index (χ1v) is 6.84. The van der Waals surface area contributed by atoms with Crippen LogP contribution in [0.25, 0.3) is 11.5 Å². The van der Waals surface area contributed by atoms with Crippen LogP contribution in [0.3, 0.4) is 0 Å². The number of hydrogen-bond donors (Lipinski definition) is 0. The third-order valence-corrected chi connectivity index (χ3v) is 4.27. The fraction of sp³-hybridized carbons (Fsp3) is 0.385. The van der Waals surface area contributed by atoms with Crippen molar-refractivity contribution in [1.82, 2.24) is 10.2 Å². The van der Waals surface area contributed by atoms with Crippen LogP contribution in [0.1, 0.15) is 25.7 Å². The van der Waals surface area contributed by atoms with E-state index in [1.54, 1.807) is 6.26 Å². The number of nitrogens with zero attached hydrogens (tertiary/aromatic N) is 2. The largest absolute Gasteiger partial charge is 0.463 e. The molecule has 0 bridgehead atoms. The van der Waals surface area contributed by atoms with Gasteiger partial charge in [-0.1, -0.05) is 12.8 Å². The van der Waals surface area contributed by atoms with Crippen molar-refractivity contribution in [3.63, 3.8) is 0 Å². The van der Waals surface area contributed by atoms with E-state index in [1.165, 1.54) is 25.7 Å². The summed E-state index contributed by atoms with van der Waals surface area (Å²) in [5.74, 6) is 0.773. The van der Waals surface area contributed by atoms with Crippen molar-refractivity contribution < 1.29 is 4.42 Å². The van der Waals surface area contributed by atoms with Crippen LogP contribution in [0.5, 0.6) is 0 Å². The van der Waals surface area contributed by atoms with Gasteiger partial charge < -0.3 is 4.42 Å². The Kier molecular flexibility index (Phi) is 3.14. The second kappa shape index (κ2) is 4.92. The minimum Gasteiger partial charge on any atom is -0.463 e. The molecule has 0 radical (unpaired) electrons. The Morgan fingerprint density at radius 2 is 2.00 bits per heavy atom. The van der Waals surface area contributed by atoms with Gasteiger partial charge in [0.25, 0.3) is 0 Å². The Labute approximate surface area is 105 Å². The molecule has 3 nitrogen and oxygen atoms in total. The average Bonchev–Trinajstić information content (AvgIpc) is 3.01. The van der Waals surface area contributed by atoms with Gasteiger partial charge in [0.2, 0.25) is 0 Å². The van der Waals surface area contributed by atoms with Crippen LogP contribution in [-0.4, -0.2) is 15.4 Å². The molecule has 4 heteroatoms. The van der Waals surface area contributed by atoms with Crippen molar-refractivity contribution in [2.24, 2.45) is 0 Å². The van der Waals surface area contributed by atoms with Crippen LogP contribution in [0, 0.1) is 0 Å². The van der Waals surface area contributed by atoms with Gasteiger partial charge in [0.05, 0.1) is 6.26 Å². The van der Waals surface area contributed by atoms with Gasteiger partial charge in [-0.2, -0.15) is 0 Å². The summed E-state index contributed by atoms with van der Waals surface area (Å²) in [5.41, 5.74) is 0.797. The highest BCUT2D eigenvalue weighted by Gasteiger charge is 2.17. The van der Waals surface area contributed by atoms with Crippen molar-refractivity contribution in [3.8, 4) is 11.5 Å². The Balaban J connectivity index is 1.71. The first kappa shape index (κ1) is 10.8. The lowest BCUT2D eigenvalue weighted by Gasteiger charge is -2.06. The summed E-state index contributed by atoms with van der Waals surface area (Å²) in [6.07, 6.45) is 6.99. The fourth-order valence-electron chi connectivity index (χ4n) is 2.12. The van der Waals surface area contributed by atoms with E-state index in [9.17, 15) is 0 Å². The molecule has 0 atom stereocenters. The number of rotatable bonds is 3. The van der Waals surface area contributed by atoms with Crippen molar-refractivity contribution in [1.29, 1.82) is 0 Å². The zero-order chi connectivity index (χ0) is 11.5. The van der Waals surface area contributed by atoms with E-state index in [4.69, 9.17) is 4.42 Å². The molecule has 0 amide bonds. The van der Waals surface area contributed by atoms with Gasteiger partial charge in [-0.3, -0.25) is 0 Å². The first-order valence-electron chi connectivity index (χ1n) is 5.96. The third kappa shape index (κ3) is 2.52. The predicted octanol–water partition coefficient (Wildman–Crippen LogP) is 3.77. The van der Waals surface area contributed by atoms with E-state index in [1.807, 2.05) is 36.0 Å². The second-order valence-electron chi connectivity index (χ2n) is 4.26. The smallest absolute Gasteiger partial charge is 0.154 e. The maximum atomic E-state index is 5.28. The molecular weight excluding hydrogens is 232 g/mol. The number of furan rings is 1. The molecule has 1 fully saturated rings. The van der Waals surface area contributed by atoms with Gasteiger partial charge in [0.1, 0.15) is 10.7 Å². The lowest BCUT2D eigenvalue weighted by Crippen LogP contribution is -1.96. The summed E-state index contributed by atoms with van der Waals surface area (Å²) in [4.78, 5) is 0. The third-order valence-electron chi connectivity index (χ3n) is 3.00. The molecule has 0 unspecified atom stereocenters. The number of aromatic nitrogens is 2. The molecule has 17 heavy (non-hydrogen) atoms. The fourth-order valence-corrected chi connectivity index (χ4v) is 3.26. The van der Waals surface area contributed by atoms with E-state index in [0.717, 1.165) is 21.7 Å². The lowest BCUT2D eigenvalue weighted by atomic mass is 10.3. The maximum Gasteiger partial charge on any atom is 0.154 e. The van der Waals surface area contributed by atoms with E-state index in [0.29, 0.717) is 0 Å². The van der Waals surface area contributed by atoms with Gasteiger partial charge in [-0.05, 0) is 37.1 Å². The quantitative estimate of drug-likeness (QED) is 0.826. The van der Waals surface area contributed by atoms with Crippen LogP contribution in [0.15, 0.2) is 40.0 Å². The summed E-state index contributed by atoms with van der Waals surface area (Å²) < 4.78 is 5.28. The molecule has 2 aromatic heterocycles. The molecule has 2 heterocycles. The standard InChI is InChI=1S/C13H14N2OS/c1-2-5-10(4-1)17-13-8-7-11(14-15-13)12-6-3-9-16-12/h3,6-10H,1-2,4-5H2. The summed E-state index contributed by atoms with van der Waals surface area (Å²) in [7, 11) is 0. The second-order valence-corrected chi connectivity index (χ2v) is 5.58. The van der Waals surface area contributed by atoms with Gasteiger partial charge in [-0.15, -0.1) is 22.0 Å². The molecule has 0 N–H and O–H groups in total. The summed E-state index contributed by atoms with van der Waals surface area (Å²) >= 11 is 1.85. The SMILES string of the molecule is c1coc(-c2ccc(SC3CCCC3)nn2)c1. The van der Waals surface area contributed by atoms with E-state index >= 15 is 0 Å². The minimum atomic E-state index is 0.735. The van der Waals surface area contributed by atoms with Crippen LogP contribution in [0.4, 0.5) is 0 Å². The van der Waals surface area contributed by atoms with Crippen LogP contribution in [0.2, 0.25) is 0 Å². The molecular formula is C13H14N2OS. The van der Waals surface area contributed by atoms with Gasteiger partial charge in [0.15, 0.2) is 5.76 Å². The van der Waals surface area contributed by atoms with Crippen molar-refractivity contribution in [2.45, 2.75) is 36.0 Å². The van der Waals surface area contributed by atoms with E-state index < -0.39 is 0 Å². The van der Waals surface area contributed by atoms with Crippen molar-refractivity contribution in [3.05, 3.63) is 30.5 Å². The highest BCUT2D eigenvalue weighted by atomic mass is 32.2. The first-order chi connectivity index (χ1) is 8.42. The van der Waals surface area contributed by atoms with Crippen LogP contribution < -0.4 is 0 Å². The minimum absolute atomic E-state index is 0.735. The Hall–Kier alpha value is -1.29. The van der Waals surface area contributed by atoms with Gasteiger partial charge in [0, 0.05) is 5.25 Å². The normalized spacial score (nSPS) is 16.5. The molecule has 0 aliphatic heterocycles. The highest BCUT2D eigenvalue weighted by molar-refractivity contribution is 7.99. The molecule has 88 valence electrons. The number of hydrogen-bond acceptors (Lipinski definition) is 4. The lowest BCUT2D eigenvalue weighted by molar-refractivity contribution is 0.578. The zero-order valence-corrected chi connectivity index (χ0v) is 10.3. The number of thioether (sulfide) groups is 1. The van der Waals surface area contributed by atoms with Crippen LogP contribution in [-0.2, 0) is 0 Å². The van der Waals surface area contributed by atoms with Crippen molar-refractivity contribution >= 4 is 11.8 Å². The molecule has 0 spiro atoms. The molecule has 2 aromatic rings. The Bertz CT molecular complexity index is 461. The highest BCUT2D eigenvalue weighted by Crippen LogP contribution is 2.33. The Morgan fingerprint density at radius 1 is 1.12 bits per heavy atom. The average molecular weight is 246 g/mol. The summed E-state index contributed by atoms with van der Waals surface area (Å²) in [5, 5.41) is 10.2. The molecule has 0 aromatic carbocycles. The van der Waals surface area contributed by atoms with Crippen molar-refractivity contribution in [2.75, 3.05) is 0 Å². The topological polar surface area (TPSA) is 38.9 Å².